The van der Waals surface area contributed by atoms with Crippen LogP contribution in [0, 0.1) is 24.1 Å². The molecule has 9 nitrogen and oxygen atoms in total. The molecule has 3 rings (SSSR count). The molecule has 31 heavy (non-hydrogen) atoms. The summed E-state index contributed by atoms with van der Waals surface area (Å²) in [7, 11) is 1.81. The number of fused-ring (bicyclic) bond motifs is 1. The third kappa shape index (κ3) is 4.78. The molecule has 1 aliphatic rings. The number of likely N-dealkylation sites (N-methyl/N-ethyl adjacent to an activating group) is 1. The van der Waals surface area contributed by atoms with Crippen LogP contribution >= 0.6 is 0 Å². The number of nitrogens with two attached hydrogens (primary N) is 1. The molecule has 1 aliphatic heterocycles. The van der Waals surface area contributed by atoms with E-state index in [9.17, 15) is 9.18 Å². The molecule has 0 bridgehead atoms. The highest BCUT2D eigenvalue weighted by Crippen LogP contribution is 2.31. The van der Waals surface area contributed by atoms with Crippen molar-refractivity contribution in [2.45, 2.75) is 26.4 Å². The van der Waals surface area contributed by atoms with Crippen LogP contribution in [0.15, 0.2) is 35.0 Å². The number of hydrogen-bond donors (Lipinski definition) is 3. The summed E-state index contributed by atoms with van der Waals surface area (Å²) < 4.78 is 13.2. The number of benzene rings is 1. The van der Waals surface area contributed by atoms with E-state index in [4.69, 9.17) is 11.0 Å². The van der Waals surface area contributed by atoms with E-state index in [0.29, 0.717) is 40.8 Å². The van der Waals surface area contributed by atoms with Crippen LogP contribution < -0.4 is 21.3 Å². The lowest BCUT2D eigenvalue weighted by Crippen LogP contribution is -2.44. The molecule has 1 aromatic carbocycles. The van der Waals surface area contributed by atoms with Crippen molar-refractivity contribution in [3.05, 3.63) is 52.6 Å². The van der Waals surface area contributed by atoms with Gasteiger partial charge in [-0.2, -0.15) is 10.2 Å². The Labute approximate surface area is 179 Å². The van der Waals surface area contributed by atoms with Gasteiger partial charge in [-0.1, -0.05) is 6.07 Å². The average Bonchev–Trinajstić information content (AvgIpc) is 2.76. The zero-order valence-corrected chi connectivity index (χ0v) is 17.5. The van der Waals surface area contributed by atoms with Crippen LogP contribution in [0.25, 0.3) is 0 Å². The topological polar surface area (TPSA) is 132 Å². The largest absolute Gasteiger partial charge is 0.404 e. The minimum absolute atomic E-state index is 0.104. The molecule has 160 valence electrons. The molecule has 4 N–H and O–H groups in total. The fraction of sp³-hybridized carbons (Fsp3) is 0.286. The van der Waals surface area contributed by atoms with Crippen LogP contribution in [0.5, 0.6) is 0 Å². The van der Waals surface area contributed by atoms with E-state index < -0.39 is 5.82 Å². The van der Waals surface area contributed by atoms with Gasteiger partial charge in [0.2, 0.25) is 11.9 Å². The lowest BCUT2D eigenvalue weighted by molar-refractivity contribution is -0.117. The van der Waals surface area contributed by atoms with Crippen LogP contribution in [-0.4, -0.2) is 41.7 Å². The minimum atomic E-state index is -0.462. The van der Waals surface area contributed by atoms with E-state index in [2.05, 4.69) is 25.6 Å². The Morgan fingerprint density at radius 3 is 2.97 bits per heavy atom. The summed E-state index contributed by atoms with van der Waals surface area (Å²) in [6.07, 6.45) is 2.99. The van der Waals surface area contributed by atoms with Crippen LogP contribution in [0.2, 0.25) is 0 Å². The average molecular weight is 422 g/mol. The smallest absolute Gasteiger partial charge is 0.246 e. The SMILES string of the molecule is Cc1nc(NC/C(C=NCc2ccc(F)cc2C#N)=C/N)nc2c1NC(=O)[C@H](C)N2C. The van der Waals surface area contributed by atoms with Gasteiger partial charge in [-0.25, -0.2) is 9.37 Å². The van der Waals surface area contributed by atoms with Crippen molar-refractivity contribution >= 4 is 29.6 Å². The number of amides is 1. The van der Waals surface area contributed by atoms with E-state index in [0.717, 1.165) is 0 Å². The first-order valence-electron chi connectivity index (χ1n) is 9.59. The molecule has 2 heterocycles. The van der Waals surface area contributed by atoms with Gasteiger partial charge >= 0.3 is 0 Å². The van der Waals surface area contributed by atoms with Gasteiger partial charge in [0, 0.05) is 31.6 Å². The number of anilines is 3. The van der Waals surface area contributed by atoms with Crippen LogP contribution in [-0.2, 0) is 11.3 Å². The Morgan fingerprint density at radius 1 is 1.48 bits per heavy atom. The van der Waals surface area contributed by atoms with E-state index in [1.807, 2.05) is 6.07 Å². The summed E-state index contributed by atoms with van der Waals surface area (Å²) in [5.74, 6) is 0.461. The van der Waals surface area contributed by atoms with Crippen molar-refractivity contribution in [1.29, 1.82) is 5.26 Å². The van der Waals surface area contributed by atoms with Gasteiger partial charge in [0.15, 0.2) is 5.82 Å². The summed E-state index contributed by atoms with van der Waals surface area (Å²) >= 11 is 0. The van der Waals surface area contributed by atoms with Gasteiger partial charge in [0.25, 0.3) is 0 Å². The fourth-order valence-electron chi connectivity index (χ4n) is 3.01. The summed E-state index contributed by atoms with van der Waals surface area (Å²) in [5, 5.41) is 15.1. The summed E-state index contributed by atoms with van der Waals surface area (Å²) in [6, 6.07) is 5.64. The predicted molar refractivity (Wildman–Crippen MR) is 117 cm³/mol. The fourth-order valence-corrected chi connectivity index (χ4v) is 3.01. The van der Waals surface area contributed by atoms with E-state index >= 15 is 0 Å². The number of nitrogens with one attached hydrogen (secondary N) is 2. The van der Waals surface area contributed by atoms with Crippen molar-refractivity contribution in [2.75, 3.05) is 29.1 Å². The van der Waals surface area contributed by atoms with Gasteiger partial charge in [-0.3, -0.25) is 9.79 Å². The maximum Gasteiger partial charge on any atom is 0.246 e. The first-order valence-corrected chi connectivity index (χ1v) is 9.59. The first kappa shape index (κ1) is 21.7. The van der Waals surface area contributed by atoms with Crippen LogP contribution in [0.4, 0.5) is 21.8 Å². The number of nitriles is 1. The van der Waals surface area contributed by atoms with Gasteiger partial charge < -0.3 is 21.3 Å². The van der Waals surface area contributed by atoms with Crippen molar-refractivity contribution < 1.29 is 9.18 Å². The van der Waals surface area contributed by atoms with E-state index in [1.165, 1.54) is 24.4 Å². The minimum Gasteiger partial charge on any atom is -0.404 e. The molecule has 0 saturated carbocycles. The lowest BCUT2D eigenvalue weighted by Gasteiger charge is -2.32. The second-order valence-corrected chi connectivity index (χ2v) is 7.09. The van der Waals surface area contributed by atoms with Crippen molar-refractivity contribution in [3.63, 3.8) is 0 Å². The highest BCUT2D eigenvalue weighted by molar-refractivity contribution is 6.03. The number of hydrogen-bond acceptors (Lipinski definition) is 8. The number of carbonyl (C=O) groups is 1. The van der Waals surface area contributed by atoms with Crippen molar-refractivity contribution in [1.82, 2.24) is 9.97 Å². The highest BCUT2D eigenvalue weighted by atomic mass is 19.1. The molecule has 0 unspecified atom stereocenters. The number of halogens is 1. The molecule has 0 fully saturated rings. The Balaban J connectivity index is 1.68. The molecular weight excluding hydrogens is 399 g/mol. The predicted octanol–water partition coefficient (Wildman–Crippen LogP) is 2.10. The Morgan fingerprint density at radius 2 is 2.26 bits per heavy atom. The molecule has 0 saturated heterocycles. The molecule has 10 heteroatoms. The Kier molecular flexibility index (Phi) is 6.45. The monoisotopic (exact) mass is 422 g/mol. The number of rotatable bonds is 6. The summed E-state index contributed by atoms with van der Waals surface area (Å²) in [5.41, 5.74) is 8.48. The normalized spacial score (nSPS) is 16.1. The lowest BCUT2D eigenvalue weighted by atomic mass is 10.1. The van der Waals surface area contributed by atoms with Gasteiger partial charge in [0.05, 0.1) is 23.9 Å². The Hall–Kier alpha value is -4.00. The third-order valence-corrected chi connectivity index (χ3v) is 4.99. The maximum absolute atomic E-state index is 13.2. The van der Waals surface area contributed by atoms with Gasteiger partial charge in [-0.15, -0.1) is 0 Å². The van der Waals surface area contributed by atoms with Crippen LogP contribution in [0.1, 0.15) is 23.7 Å². The summed E-state index contributed by atoms with van der Waals surface area (Å²) in [4.78, 5) is 27.0. The molecular formula is C21H23FN8O. The zero-order valence-electron chi connectivity index (χ0n) is 17.5. The third-order valence-electron chi connectivity index (χ3n) is 4.99. The molecule has 1 amide bonds. The van der Waals surface area contributed by atoms with Gasteiger partial charge in [0.1, 0.15) is 17.5 Å². The number of aryl methyl sites for hydroxylation is 1. The molecule has 0 radical (unpaired) electrons. The molecule has 0 spiro atoms. The van der Waals surface area contributed by atoms with Crippen molar-refractivity contribution in [2.24, 2.45) is 10.7 Å². The van der Waals surface area contributed by atoms with Crippen LogP contribution in [0.3, 0.4) is 0 Å². The number of nitrogens with zero attached hydrogens (tertiary/aromatic N) is 5. The highest BCUT2D eigenvalue weighted by Gasteiger charge is 2.30. The Bertz CT molecular complexity index is 1110. The number of aliphatic imine (C=N–C) groups is 1. The van der Waals surface area contributed by atoms with E-state index in [-0.39, 0.29) is 24.1 Å². The molecule has 0 aliphatic carbocycles. The number of aromatic nitrogens is 2. The first-order chi connectivity index (χ1) is 14.8. The molecule has 2 aromatic rings. The second kappa shape index (κ2) is 9.21. The van der Waals surface area contributed by atoms with Crippen molar-refractivity contribution in [3.8, 4) is 6.07 Å². The van der Waals surface area contributed by atoms with E-state index in [1.54, 1.807) is 32.0 Å². The maximum atomic E-state index is 13.2. The summed E-state index contributed by atoms with van der Waals surface area (Å²) in [6.45, 7) is 4.13. The quantitative estimate of drug-likeness (QED) is 0.607. The molecule has 1 atom stereocenters. The number of carbonyl (C=O) groups excluding carboxylic acids is 1. The second-order valence-electron chi connectivity index (χ2n) is 7.09. The zero-order chi connectivity index (χ0) is 22.5. The molecule has 1 aromatic heterocycles. The van der Waals surface area contributed by atoms with Gasteiger partial charge in [-0.05, 0) is 31.5 Å². The standard InChI is InChI=1S/C21H23FN8O/c1-12-18-19(30(3)13(2)20(31)28-18)29-21(27-12)26-10-14(7-23)9-25-11-15-4-5-17(22)6-16(15)8-24/h4-7,9,13H,10-11,23H2,1-3H3,(H,28,31)(H,26,27,29)/b14-7+,25-9?/t13-/m0/s1.